The first kappa shape index (κ1) is 21.8. The molecule has 4 rings (SSSR count). The van der Waals surface area contributed by atoms with Crippen molar-refractivity contribution in [1.29, 1.82) is 0 Å². The Kier molecular flexibility index (Phi) is 5.43. The number of rotatable bonds is 4. The number of hydrogen-bond donors (Lipinski definition) is 2. The topological polar surface area (TPSA) is 109 Å². The predicted octanol–water partition coefficient (Wildman–Crippen LogP) is 3.77. The first-order valence-corrected chi connectivity index (χ1v) is 10.2. The summed E-state index contributed by atoms with van der Waals surface area (Å²) in [6, 6.07) is 14.3. The van der Waals surface area contributed by atoms with Crippen LogP contribution < -0.4 is 10.2 Å². The van der Waals surface area contributed by atoms with E-state index < -0.39 is 23.8 Å². The number of benzene rings is 2. The number of aromatic carboxylic acids is 1. The van der Waals surface area contributed by atoms with Crippen molar-refractivity contribution in [3.63, 3.8) is 0 Å². The quantitative estimate of drug-likeness (QED) is 0.471. The molecular formula is C25H21N3O5. The molecule has 1 fully saturated rings. The van der Waals surface area contributed by atoms with Crippen molar-refractivity contribution in [3.05, 3.63) is 88.2 Å². The lowest BCUT2D eigenvalue weighted by Gasteiger charge is -2.26. The molecule has 0 unspecified atom stereocenters. The van der Waals surface area contributed by atoms with Gasteiger partial charge in [0.1, 0.15) is 5.57 Å². The summed E-state index contributed by atoms with van der Waals surface area (Å²) in [6.07, 6.45) is 1.47. The summed E-state index contributed by atoms with van der Waals surface area (Å²) < 4.78 is 1.89. The monoisotopic (exact) mass is 443 g/mol. The van der Waals surface area contributed by atoms with Crippen LogP contribution in [0.25, 0.3) is 11.8 Å². The normalized spacial score (nSPS) is 15.2. The molecule has 0 atom stereocenters. The second kappa shape index (κ2) is 8.23. The Morgan fingerprint density at radius 2 is 1.52 bits per heavy atom. The lowest BCUT2D eigenvalue weighted by Crippen LogP contribution is -2.54. The van der Waals surface area contributed by atoms with E-state index in [4.69, 9.17) is 5.11 Å². The molecule has 4 amide bonds. The van der Waals surface area contributed by atoms with Gasteiger partial charge < -0.3 is 9.67 Å². The fourth-order valence-electron chi connectivity index (χ4n) is 3.83. The van der Waals surface area contributed by atoms with E-state index in [1.807, 2.05) is 31.4 Å². The summed E-state index contributed by atoms with van der Waals surface area (Å²) in [5.41, 5.74) is 4.32. The molecular weight excluding hydrogens is 422 g/mol. The predicted molar refractivity (Wildman–Crippen MR) is 122 cm³/mol. The van der Waals surface area contributed by atoms with Gasteiger partial charge >= 0.3 is 12.0 Å². The van der Waals surface area contributed by atoms with Crippen molar-refractivity contribution in [2.75, 3.05) is 4.90 Å². The molecule has 1 aliphatic heterocycles. The summed E-state index contributed by atoms with van der Waals surface area (Å²) in [5, 5.41) is 11.3. The van der Waals surface area contributed by atoms with Crippen molar-refractivity contribution < 1.29 is 24.3 Å². The number of carbonyl (C=O) groups excluding carboxylic acids is 3. The zero-order valence-electron chi connectivity index (χ0n) is 18.2. The van der Waals surface area contributed by atoms with Crippen LogP contribution in [0, 0.1) is 20.8 Å². The number of aromatic nitrogens is 1. The standard InChI is InChI=1S/C25H21N3O5/c1-14-4-8-20(9-5-14)28-23(30)21(22(29)26-25(28)33)13-18-12-15(2)27(16(18)3)19-10-6-17(7-11-19)24(31)32/h4-13H,1-3H3,(H,31,32)(H,26,29,33)/b21-13+. The number of nitrogens with zero attached hydrogens (tertiary/aromatic N) is 2. The van der Waals surface area contributed by atoms with Crippen molar-refractivity contribution >= 4 is 35.6 Å². The third kappa shape index (κ3) is 3.94. The number of anilines is 1. The van der Waals surface area contributed by atoms with Crippen molar-refractivity contribution in [3.8, 4) is 5.69 Å². The molecule has 2 aromatic carbocycles. The number of nitrogens with one attached hydrogen (secondary N) is 1. The fraction of sp³-hybridized carbons (Fsp3) is 0.120. The molecule has 0 bridgehead atoms. The smallest absolute Gasteiger partial charge is 0.335 e. The molecule has 1 aromatic heterocycles. The summed E-state index contributed by atoms with van der Waals surface area (Å²) in [4.78, 5) is 50.1. The van der Waals surface area contributed by atoms with E-state index in [9.17, 15) is 19.2 Å². The maximum Gasteiger partial charge on any atom is 0.335 e. The lowest BCUT2D eigenvalue weighted by molar-refractivity contribution is -0.122. The number of carboxylic acids is 1. The average molecular weight is 443 g/mol. The number of aryl methyl sites for hydroxylation is 2. The molecule has 33 heavy (non-hydrogen) atoms. The van der Waals surface area contributed by atoms with Gasteiger partial charge in [-0.25, -0.2) is 14.5 Å². The highest BCUT2D eigenvalue weighted by atomic mass is 16.4. The van der Waals surface area contributed by atoms with E-state index in [-0.39, 0.29) is 11.1 Å². The third-order valence-electron chi connectivity index (χ3n) is 5.54. The van der Waals surface area contributed by atoms with Crippen LogP contribution in [0.3, 0.4) is 0 Å². The van der Waals surface area contributed by atoms with Crippen LogP contribution in [-0.2, 0) is 9.59 Å². The van der Waals surface area contributed by atoms with Crippen molar-refractivity contribution in [1.82, 2.24) is 9.88 Å². The Hall–Kier alpha value is -4.46. The minimum Gasteiger partial charge on any atom is -0.478 e. The SMILES string of the molecule is Cc1ccc(N2C(=O)NC(=O)/C(=C\c3cc(C)n(-c4ccc(C(=O)O)cc4)c3C)C2=O)cc1. The minimum absolute atomic E-state index is 0.156. The van der Waals surface area contributed by atoms with Crippen LogP contribution in [0.5, 0.6) is 0 Å². The van der Waals surface area contributed by atoms with Crippen LogP contribution in [0.1, 0.15) is 32.9 Å². The van der Waals surface area contributed by atoms with E-state index in [0.29, 0.717) is 11.3 Å². The highest BCUT2D eigenvalue weighted by molar-refractivity contribution is 6.39. The van der Waals surface area contributed by atoms with Gasteiger partial charge in [0.05, 0.1) is 11.3 Å². The molecule has 0 spiro atoms. The molecule has 3 aromatic rings. The molecule has 1 aliphatic rings. The van der Waals surface area contributed by atoms with E-state index in [1.54, 1.807) is 36.4 Å². The van der Waals surface area contributed by atoms with Crippen molar-refractivity contribution in [2.45, 2.75) is 20.8 Å². The van der Waals surface area contributed by atoms with E-state index in [1.165, 1.54) is 18.2 Å². The molecule has 2 N–H and O–H groups in total. The summed E-state index contributed by atoms with van der Waals surface area (Å²) in [7, 11) is 0. The minimum atomic E-state index is -1.01. The number of urea groups is 1. The Morgan fingerprint density at radius 1 is 0.909 bits per heavy atom. The summed E-state index contributed by atoms with van der Waals surface area (Å²) in [6.45, 7) is 5.59. The first-order valence-electron chi connectivity index (χ1n) is 10.2. The van der Waals surface area contributed by atoms with E-state index in [0.717, 1.165) is 27.5 Å². The highest BCUT2D eigenvalue weighted by Gasteiger charge is 2.37. The maximum absolute atomic E-state index is 13.1. The van der Waals surface area contributed by atoms with Gasteiger partial charge in [-0.05, 0) is 74.9 Å². The van der Waals surface area contributed by atoms with Gasteiger partial charge in [-0.15, -0.1) is 0 Å². The molecule has 0 aliphatic carbocycles. The number of carbonyl (C=O) groups is 4. The molecule has 8 nitrogen and oxygen atoms in total. The van der Waals surface area contributed by atoms with Gasteiger partial charge in [0, 0.05) is 17.1 Å². The highest BCUT2D eigenvalue weighted by Crippen LogP contribution is 2.26. The Bertz CT molecular complexity index is 1330. The Balaban J connectivity index is 1.73. The van der Waals surface area contributed by atoms with Gasteiger partial charge in [0.15, 0.2) is 0 Å². The lowest BCUT2D eigenvalue weighted by atomic mass is 10.1. The van der Waals surface area contributed by atoms with Gasteiger partial charge in [-0.1, -0.05) is 17.7 Å². The first-order chi connectivity index (χ1) is 15.7. The Morgan fingerprint density at radius 3 is 2.12 bits per heavy atom. The van der Waals surface area contributed by atoms with Gasteiger partial charge in [-0.2, -0.15) is 0 Å². The van der Waals surface area contributed by atoms with Crippen LogP contribution in [0.15, 0.2) is 60.2 Å². The fourth-order valence-corrected chi connectivity index (χ4v) is 3.83. The zero-order chi connectivity index (χ0) is 23.9. The number of imide groups is 2. The number of hydrogen-bond acceptors (Lipinski definition) is 4. The number of amides is 4. The van der Waals surface area contributed by atoms with Crippen LogP contribution in [0.4, 0.5) is 10.5 Å². The third-order valence-corrected chi connectivity index (χ3v) is 5.54. The summed E-state index contributed by atoms with van der Waals surface area (Å²) in [5.74, 6) is -2.48. The second-order valence-electron chi connectivity index (χ2n) is 7.81. The van der Waals surface area contributed by atoms with Crippen LogP contribution in [-0.4, -0.2) is 33.5 Å². The molecule has 0 radical (unpaired) electrons. The molecule has 1 saturated heterocycles. The maximum atomic E-state index is 13.1. The Labute approximate surface area is 189 Å². The average Bonchev–Trinajstić information content (AvgIpc) is 3.05. The second-order valence-corrected chi connectivity index (χ2v) is 7.81. The largest absolute Gasteiger partial charge is 0.478 e. The molecule has 8 heteroatoms. The van der Waals surface area contributed by atoms with Crippen LogP contribution >= 0.6 is 0 Å². The van der Waals surface area contributed by atoms with E-state index >= 15 is 0 Å². The van der Waals surface area contributed by atoms with Crippen molar-refractivity contribution in [2.24, 2.45) is 0 Å². The summed E-state index contributed by atoms with van der Waals surface area (Å²) >= 11 is 0. The van der Waals surface area contributed by atoms with Gasteiger partial charge in [-0.3, -0.25) is 14.9 Å². The van der Waals surface area contributed by atoms with Crippen LogP contribution in [0.2, 0.25) is 0 Å². The van der Waals surface area contributed by atoms with Gasteiger partial charge in [0.25, 0.3) is 11.8 Å². The molecule has 2 heterocycles. The van der Waals surface area contributed by atoms with E-state index in [2.05, 4.69) is 5.32 Å². The number of barbiturate groups is 1. The van der Waals surface area contributed by atoms with Gasteiger partial charge in [0.2, 0.25) is 0 Å². The molecule has 0 saturated carbocycles. The zero-order valence-corrected chi connectivity index (χ0v) is 18.2. The molecule has 166 valence electrons. The number of carboxylic acid groups (broad SMARTS) is 1.